The number of carbonyl (C=O) groups excluding carboxylic acids is 1. The second kappa shape index (κ2) is 8.27. The highest BCUT2D eigenvalue weighted by Gasteiger charge is 2.19. The van der Waals surface area contributed by atoms with Crippen LogP contribution in [0.1, 0.15) is 42.7 Å². The number of carbonyl (C=O) groups is 1. The molecule has 2 rings (SSSR count). The van der Waals surface area contributed by atoms with Crippen LogP contribution in [0, 0.1) is 5.92 Å². The summed E-state index contributed by atoms with van der Waals surface area (Å²) in [5.41, 5.74) is 1.20. The highest BCUT2D eigenvalue weighted by Crippen LogP contribution is 2.17. The fraction of sp³-hybridized carbons (Fsp3) is 0.316. The van der Waals surface area contributed by atoms with E-state index in [1.807, 2.05) is 44.2 Å². The monoisotopic (exact) mass is 360 g/mol. The molecule has 0 saturated heterocycles. The Labute approximate surface area is 149 Å². The van der Waals surface area contributed by atoms with Gasteiger partial charge in [-0.15, -0.1) is 0 Å². The molecule has 0 aliphatic heterocycles. The Morgan fingerprint density at radius 3 is 2.32 bits per heavy atom. The van der Waals surface area contributed by atoms with Crippen LogP contribution < -0.4 is 10.0 Å². The minimum Gasteiger partial charge on any atom is -0.352 e. The molecule has 0 bridgehead atoms. The lowest BCUT2D eigenvalue weighted by Crippen LogP contribution is -2.29. The lowest BCUT2D eigenvalue weighted by atomic mass is 10.1. The van der Waals surface area contributed by atoms with E-state index < -0.39 is 10.0 Å². The van der Waals surface area contributed by atoms with Gasteiger partial charge in [0.1, 0.15) is 0 Å². The molecule has 5 nitrogen and oxygen atoms in total. The zero-order chi connectivity index (χ0) is 18.4. The summed E-state index contributed by atoms with van der Waals surface area (Å²) < 4.78 is 27.9. The zero-order valence-corrected chi connectivity index (χ0v) is 15.5. The first kappa shape index (κ1) is 19.1. The summed E-state index contributed by atoms with van der Waals surface area (Å²) >= 11 is 0. The highest BCUT2D eigenvalue weighted by atomic mass is 32.2. The average Bonchev–Trinajstić information content (AvgIpc) is 2.60. The number of benzene rings is 2. The third-order valence-corrected chi connectivity index (χ3v) is 5.25. The third kappa shape index (κ3) is 5.41. The molecule has 0 radical (unpaired) electrons. The molecule has 25 heavy (non-hydrogen) atoms. The van der Waals surface area contributed by atoms with Gasteiger partial charge < -0.3 is 5.32 Å². The van der Waals surface area contributed by atoms with Crippen LogP contribution in [-0.2, 0) is 10.0 Å². The molecule has 0 aliphatic carbocycles. The van der Waals surface area contributed by atoms with Crippen LogP contribution in [0.3, 0.4) is 0 Å². The van der Waals surface area contributed by atoms with E-state index in [1.54, 1.807) is 19.1 Å². The van der Waals surface area contributed by atoms with E-state index in [-0.39, 0.29) is 16.8 Å². The second-order valence-corrected chi connectivity index (χ2v) is 8.10. The van der Waals surface area contributed by atoms with Gasteiger partial charge in [-0.3, -0.25) is 4.79 Å². The number of rotatable bonds is 7. The molecule has 2 N–H and O–H groups in total. The van der Waals surface area contributed by atoms with Gasteiger partial charge in [0.2, 0.25) is 10.0 Å². The average molecular weight is 360 g/mol. The zero-order valence-electron chi connectivity index (χ0n) is 14.7. The van der Waals surface area contributed by atoms with Crippen LogP contribution in [0.15, 0.2) is 59.5 Å². The molecule has 0 aliphatic rings. The molecule has 0 saturated carbocycles. The molecule has 1 atom stereocenters. The van der Waals surface area contributed by atoms with Crippen LogP contribution in [0.25, 0.3) is 0 Å². The second-order valence-electron chi connectivity index (χ2n) is 6.39. The van der Waals surface area contributed by atoms with Crippen molar-refractivity contribution in [1.29, 1.82) is 0 Å². The van der Waals surface area contributed by atoms with Crippen LogP contribution in [-0.4, -0.2) is 20.9 Å². The third-order valence-electron chi connectivity index (χ3n) is 3.71. The van der Waals surface area contributed by atoms with Gasteiger partial charge in [0.25, 0.3) is 5.91 Å². The quantitative estimate of drug-likeness (QED) is 0.797. The van der Waals surface area contributed by atoms with Gasteiger partial charge in [0.05, 0.1) is 4.90 Å². The van der Waals surface area contributed by atoms with Crippen molar-refractivity contribution >= 4 is 15.9 Å². The van der Waals surface area contributed by atoms with Gasteiger partial charge >= 0.3 is 0 Å². The molecule has 2 aromatic rings. The summed E-state index contributed by atoms with van der Waals surface area (Å²) in [4.78, 5) is 12.2. The Morgan fingerprint density at radius 1 is 1.00 bits per heavy atom. The molecule has 0 aromatic heterocycles. The maximum atomic E-state index is 12.6. The van der Waals surface area contributed by atoms with Crippen LogP contribution in [0.4, 0.5) is 0 Å². The SMILES string of the molecule is CC(C)CNC(=O)c1cccc(S(=O)(=O)NC(C)c2ccccc2)c1. The van der Waals surface area contributed by atoms with E-state index in [0.29, 0.717) is 18.0 Å². The van der Waals surface area contributed by atoms with Gasteiger partial charge in [0, 0.05) is 18.2 Å². The molecule has 2 aromatic carbocycles. The van der Waals surface area contributed by atoms with Gasteiger partial charge in [-0.2, -0.15) is 0 Å². The van der Waals surface area contributed by atoms with Gasteiger partial charge in [-0.05, 0) is 36.6 Å². The molecular weight excluding hydrogens is 336 g/mol. The van der Waals surface area contributed by atoms with Gasteiger partial charge in [-0.25, -0.2) is 13.1 Å². The first-order valence-corrected chi connectivity index (χ1v) is 9.73. The Morgan fingerprint density at radius 2 is 1.68 bits per heavy atom. The summed E-state index contributed by atoms with van der Waals surface area (Å²) in [6.07, 6.45) is 0. The smallest absolute Gasteiger partial charge is 0.251 e. The van der Waals surface area contributed by atoms with E-state index in [0.717, 1.165) is 5.56 Å². The number of hydrogen-bond donors (Lipinski definition) is 2. The number of sulfonamides is 1. The standard InChI is InChI=1S/C19H24N2O3S/c1-14(2)13-20-19(22)17-10-7-11-18(12-17)25(23,24)21-15(3)16-8-5-4-6-9-16/h4-12,14-15,21H,13H2,1-3H3,(H,20,22). The van der Waals surface area contributed by atoms with Crippen LogP contribution in [0.5, 0.6) is 0 Å². The van der Waals surface area contributed by atoms with Gasteiger partial charge in [-0.1, -0.05) is 50.2 Å². The fourth-order valence-electron chi connectivity index (χ4n) is 2.31. The summed E-state index contributed by atoms with van der Waals surface area (Å²) in [5.74, 6) is 0.0473. The van der Waals surface area contributed by atoms with Crippen LogP contribution in [0.2, 0.25) is 0 Å². The number of nitrogens with one attached hydrogen (secondary N) is 2. The predicted octanol–water partition coefficient (Wildman–Crippen LogP) is 3.11. The lowest BCUT2D eigenvalue weighted by Gasteiger charge is -2.15. The Bertz CT molecular complexity index is 818. The van der Waals surface area contributed by atoms with Crippen molar-refractivity contribution in [2.24, 2.45) is 5.92 Å². The predicted molar refractivity (Wildman–Crippen MR) is 98.8 cm³/mol. The Kier molecular flexibility index (Phi) is 6.33. The van der Waals surface area contributed by atoms with Crippen molar-refractivity contribution in [3.63, 3.8) is 0 Å². The largest absolute Gasteiger partial charge is 0.352 e. The van der Waals surface area contributed by atoms with Gasteiger partial charge in [0.15, 0.2) is 0 Å². The maximum absolute atomic E-state index is 12.6. The van der Waals surface area contributed by atoms with E-state index in [4.69, 9.17) is 0 Å². The van der Waals surface area contributed by atoms with Crippen molar-refractivity contribution in [3.8, 4) is 0 Å². The minimum atomic E-state index is -3.72. The molecule has 0 fully saturated rings. The van der Waals surface area contributed by atoms with Crippen molar-refractivity contribution in [1.82, 2.24) is 10.0 Å². The lowest BCUT2D eigenvalue weighted by molar-refractivity contribution is 0.0949. The molecular formula is C19H24N2O3S. The van der Waals surface area contributed by atoms with E-state index in [2.05, 4.69) is 10.0 Å². The van der Waals surface area contributed by atoms with Crippen molar-refractivity contribution in [2.45, 2.75) is 31.7 Å². The molecule has 1 unspecified atom stereocenters. The summed E-state index contributed by atoms with van der Waals surface area (Å²) in [6, 6.07) is 15.0. The van der Waals surface area contributed by atoms with Crippen molar-refractivity contribution < 1.29 is 13.2 Å². The van der Waals surface area contributed by atoms with E-state index in [1.165, 1.54) is 12.1 Å². The molecule has 6 heteroatoms. The number of amides is 1. The van der Waals surface area contributed by atoms with Crippen molar-refractivity contribution in [2.75, 3.05) is 6.54 Å². The topological polar surface area (TPSA) is 75.3 Å². The summed E-state index contributed by atoms with van der Waals surface area (Å²) in [7, 11) is -3.72. The first-order valence-electron chi connectivity index (χ1n) is 8.25. The van der Waals surface area contributed by atoms with Crippen LogP contribution >= 0.6 is 0 Å². The van der Waals surface area contributed by atoms with E-state index >= 15 is 0 Å². The molecule has 1 amide bonds. The summed E-state index contributed by atoms with van der Waals surface area (Å²) in [6.45, 7) is 6.32. The summed E-state index contributed by atoms with van der Waals surface area (Å²) in [5, 5.41) is 2.79. The fourth-order valence-corrected chi connectivity index (χ4v) is 3.59. The maximum Gasteiger partial charge on any atom is 0.251 e. The molecule has 134 valence electrons. The normalized spacial score (nSPS) is 12.8. The minimum absolute atomic E-state index is 0.0764. The molecule has 0 heterocycles. The van der Waals surface area contributed by atoms with Crippen molar-refractivity contribution in [3.05, 3.63) is 65.7 Å². The first-order chi connectivity index (χ1) is 11.8. The molecule has 0 spiro atoms. The van der Waals surface area contributed by atoms with E-state index in [9.17, 15) is 13.2 Å². The highest BCUT2D eigenvalue weighted by molar-refractivity contribution is 7.89. The Hall–Kier alpha value is -2.18. The number of hydrogen-bond acceptors (Lipinski definition) is 3. The Balaban J connectivity index is 2.16.